The van der Waals surface area contributed by atoms with Gasteiger partial charge in [0.2, 0.25) is 0 Å². The van der Waals surface area contributed by atoms with Crippen molar-refractivity contribution in [3.05, 3.63) is 59.7 Å². The van der Waals surface area contributed by atoms with E-state index in [1.54, 1.807) is 14.1 Å². The summed E-state index contributed by atoms with van der Waals surface area (Å²) in [6, 6.07) is 11.1. The molecule has 2 aromatic rings. The maximum absolute atomic E-state index is 12.4. The third kappa shape index (κ3) is 5.40. The van der Waals surface area contributed by atoms with Gasteiger partial charge >= 0.3 is 5.97 Å². The van der Waals surface area contributed by atoms with Crippen molar-refractivity contribution >= 4 is 33.4 Å². The Morgan fingerprint density at radius 3 is 1.96 bits per heavy atom. The summed E-state index contributed by atoms with van der Waals surface area (Å²) in [7, 11) is -0.755. The van der Waals surface area contributed by atoms with Crippen LogP contribution in [0.5, 0.6) is 0 Å². The number of sulfonamides is 1. The Balaban J connectivity index is 2.05. The summed E-state index contributed by atoms with van der Waals surface area (Å²) in [5.41, 5.74) is 0.839. The number of benzene rings is 2. The predicted octanol–water partition coefficient (Wildman–Crippen LogP) is 1.94. The number of ketones is 1. The van der Waals surface area contributed by atoms with Gasteiger partial charge in [-0.2, -0.15) is 0 Å². The molecule has 2 aromatic carbocycles. The highest BCUT2D eigenvalue weighted by atomic mass is 32.2. The van der Waals surface area contributed by atoms with E-state index in [-0.39, 0.29) is 34.4 Å². The van der Waals surface area contributed by atoms with Gasteiger partial charge in [0.15, 0.2) is 12.4 Å². The van der Waals surface area contributed by atoms with Crippen LogP contribution in [0.15, 0.2) is 53.4 Å². The van der Waals surface area contributed by atoms with Crippen molar-refractivity contribution in [2.24, 2.45) is 0 Å². The lowest BCUT2D eigenvalue weighted by atomic mass is 10.2. The molecule has 0 heterocycles. The molecule has 0 saturated heterocycles. The molecule has 0 atom stereocenters. The molecule has 0 radical (unpaired) electrons. The van der Waals surface area contributed by atoms with Crippen LogP contribution >= 0.6 is 0 Å². The summed E-state index contributed by atoms with van der Waals surface area (Å²) >= 11 is 0. The molecule has 0 spiro atoms. The number of carbonyl (C=O) groups is 3. The van der Waals surface area contributed by atoms with E-state index in [0.29, 0.717) is 5.56 Å². The minimum absolute atomic E-state index is 0.00295. The molecule has 1 N–H and O–H groups in total. The van der Waals surface area contributed by atoms with Crippen molar-refractivity contribution in [1.29, 1.82) is 0 Å². The first-order valence-electron chi connectivity index (χ1n) is 8.21. The molecule has 2 rings (SSSR count). The van der Waals surface area contributed by atoms with E-state index in [1.165, 1.54) is 60.4 Å². The number of amides is 1. The highest BCUT2D eigenvalue weighted by Crippen LogP contribution is 2.18. The minimum atomic E-state index is -3.85. The number of anilines is 1. The second-order valence-electron chi connectivity index (χ2n) is 6.13. The van der Waals surface area contributed by atoms with Crippen LogP contribution in [0, 0.1) is 0 Å². The van der Waals surface area contributed by atoms with Crippen molar-refractivity contribution in [2.45, 2.75) is 11.8 Å². The van der Waals surface area contributed by atoms with Crippen molar-refractivity contribution in [2.75, 3.05) is 25.4 Å². The van der Waals surface area contributed by atoms with Crippen LogP contribution < -0.4 is 4.72 Å². The number of Topliss-reactive ketones (excluding diaryl/α,β-unsaturated/α-hetero) is 1. The maximum atomic E-state index is 12.4. The SMILES string of the molecule is CC(=O)c1ccc(S(=O)(=O)Nc2ccc(C(=O)OCC(=O)N(C)C)cc2)cc1. The molecule has 0 fully saturated rings. The predicted molar refractivity (Wildman–Crippen MR) is 103 cm³/mol. The number of nitrogens with zero attached hydrogens (tertiary/aromatic N) is 1. The number of hydrogen-bond acceptors (Lipinski definition) is 6. The fourth-order valence-electron chi connectivity index (χ4n) is 2.10. The first-order valence-corrected chi connectivity index (χ1v) is 9.69. The molecule has 0 aliphatic heterocycles. The second kappa shape index (κ2) is 8.66. The molecule has 0 saturated carbocycles. The lowest BCUT2D eigenvalue weighted by Gasteiger charge is -2.11. The van der Waals surface area contributed by atoms with Crippen molar-refractivity contribution in [3.8, 4) is 0 Å². The number of esters is 1. The molecular formula is C19H20N2O6S. The van der Waals surface area contributed by atoms with E-state index >= 15 is 0 Å². The summed E-state index contributed by atoms with van der Waals surface area (Å²) in [6.07, 6.45) is 0. The Kier molecular flexibility index (Phi) is 6.53. The van der Waals surface area contributed by atoms with Gasteiger partial charge in [-0.25, -0.2) is 13.2 Å². The third-order valence-corrected chi connectivity index (χ3v) is 5.17. The highest BCUT2D eigenvalue weighted by Gasteiger charge is 2.16. The van der Waals surface area contributed by atoms with Crippen molar-refractivity contribution in [3.63, 3.8) is 0 Å². The van der Waals surface area contributed by atoms with Crippen molar-refractivity contribution < 1.29 is 27.5 Å². The lowest BCUT2D eigenvalue weighted by Crippen LogP contribution is -2.27. The number of carbonyl (C=O) groups excluding carboxylic acids is 3. The number of likely N-dealkylation sites (N-methyl/N-ethyl adjacent to an activating group) is 1. The molecule has 8 nitrogen and oxygen atoms in total. The monoisotopic (exact) mass is 404 g/mol. The Hall–Kier alpha value is -3.20. The van der Waals surface area contributed by atoms with Crippen LogP contribution in [0.2, 0.25) is 0 Å². The normalized spacial score (nSPS) is 10.8. The van der Waals surface area contributed by atoms with E-state index in [2.05, 4.69) is 4.72 Å². The minimum Gasteiger partial charge on any atom is -0.452 e. The molecule has 9 heteroatoms. The molecule has 0 aromatic heterocycles. The molecule has 1 amide bonds. The fraction of sp³-hybridized carbons (Fsp3) is 0.211. The summed E-state index contributed by atoms with van der Waals surface area (Å²) < 4.78 is 32.1. The molecule has 148 valence electrons. The first kappa shape index (κ1) is 21.1. The van der Waals surface area contributed by atoms with Crippen molar-refractivity contribution in [1.82, 2.24) is 4.90 Å². The maximum Gasteiger partial charge on any atom is 0.338 e. The Labute approximate surface area is 163 Å². The topological polar surface area (TPSA) is 110 Å². The number of ether oxygens (including phenoxy) is 1. The van der Waals surface area contributed by atoms with Crippen LogP contribution in [0.25, 0.3) is 0 Å². The van der Waals surface area contributed by atoms with Gasteiger partial charge in [-0.15, -0.1) is 0 Å². The molecule has 0 aliphatic carbocycles. The van der Waals surface area contributed by atoms with Gasteiger partial charge in [0, 0.05) is 25.3 Å². The first-order chi connectivity index (χ1) is 13.1. The van der Waals surface area contributed by atoms with E-state index in [0.717, 1.165) is 0 Å². The molecule has 0 bridgehead atoms. The van der Waals surface area contributed by atoms with Crippen LogP contribution in [0.1, 0.15) is 27.6 Å². The van der Waals surface area contributed by atoms with E-state index in [4.69, 9.17) is 4.74 Å². The highest BCUT2D eigenvalue weighted by molar-refractivity contribution is 7.92. The van der Waals surface area contributed by atoms with Crippen LogP contribution in [-0.2, 0) is 19.6 Å². The summed E-state index contributed by atoms with van der Waals surface area (Å²) in [5, 5.41) is 0. The van der Waals surface area contributed by atoms with Gasteiger partial charge in [-0.3, -0.25) is 14.3 Å². The Morgan fingerprint density at radius 1 is 0.929 bits per heavy atom. The van der Waals surface area contributed by atoms with E-state index in [9.17, 15) is 22.8 Å². The van der Waals surface area contributed by atoms with Crippen LogP contribution in [-0.4, -0.2) is 51.7 Å². The van der Waals surface area contributed by atoms with Gasteiger partial charge in [-0.1, -0.05) is 12.1 Å². The number of hydrogen-bond donors (Lipinski definition) is 1. The second-order valence-corrected chi connectivity index (χ2v) is 7.81. The average Bonchev–Trinajstić information content (AvgIpc) is 2.66. The summed E-state index contributed by atoms with van der Waals surface area (Å²) in [4.78, 5) is 35.9. The van der Waals surface area contributed by atoms with Gasteiger partial charge in [0.25, 0.3) is 15.9 Å². The zero-order valence-corrected chi connectivity index (χ0v) is 16.4. The smallest absolute Gasteiger partial charge is 0.338 e. The van der Waals surface area contributed by atoms with Gasteiger partial charge < -0.3 is 9.64 Å². The lowest BCUT2D eigenvalue weighted by molar-refractivity contribution is -0.131. The Morgan fingerprint density at radius 2 is 1.46 bits per heavy atom. The molecule has 28 heavy (non-hydrogen) atoms. The van der Waals surface area contributed by atoms with Crippen LogP contribution in [0.3, 0.4) is 0 Å². The number of nitrogens with one attached hydrogen (secondary N) is 1. The number of rotatable bonds is 7. The Bertz CT molecular complexity index is 980. The summed E-state index contributed by atoms with van der Waals surface area (Å²) in [5.74, 6) is -1.20. The third-order valence-electron chi connectivity index (χ3n) is 3.77. The summed E-state index contributed by atoms with van der Waals surface area (Å²) in [6.45, 7) is 1.02. The van der Waals surface area contributed by atoms with Gasteiger partial charge in [-0.05, 0) is 43.3 Å². The molecular weight excluding hydrogens is 384 g/mol. The van der Waals surface area contributed by atoms with Crippen LogP contribution in [0.4, 0.5) is 5.69 Å². The molecule has 0 unspecified atom stereocenters. The van der Waals surface area contributed by atoms with Gasteiger partial charge in [0.05, 0.1) is 10.5 Å². The van der Waals surface area contributed by atoms with Gasteiger partial charge in [0.1, 0.15) is 0 Å². The largest absolute Gasteiger partial charge is 0.452 e. The zero-order valence-electron chi connectivity index (χ0n) is 15.6. The fourth-order valence-corrected chi connectivity index (χ4v) is 3.16. The quantitative estimate of drug-likeness (QED) is 0.558. The van der Waals surface area contributed by atoms with E-state index < -0.39 is 16.0 Å². The standard InChI is InChI=1S/C19H20N2O6S/c1-13(22)14-6-10-17(11-7-14)28(25,26)20-16-8-4-15(5-9-16)19(24)27-12-18(23)21(2)3/h4-11,20H,12H2,1-3H3. The zero-order chi connectivity index (χ0) is 20.9. The van der Waals surface area contributed by atoms with E-state index in [1.807, 2.05) is 0 Å². The average molecular weight is 404 g/mol. The molecule has 0 aliphatic rings.